The zero-order valence-corrected chi connectivity index (χ0v) is 35.2. The van der Waals surface area contributed by atoms with Crippen LogP contribution in [-0.4, -0.2) is 97.2 Å². The first-order valence-electron chi connectivity index (χ1n) is 17.6. The largest absolute Gasteiger partial charge is 0.484 e. The molecule has 61 heavy (non-hydrogen) atoms. The number of halogens is 4. The van der Waals surface area contributed by atoms with Gasteiger partial charge in [-0.3, -0.25) is 19.4 Å². The van der Waals surface area contributed by atoms with Crippen molar-refractivity contribution in [3.63, 3.8) is 0 Å². The number of hydrogen-bond donors (Lipinski definition) is 6. The number of aromatic nitrogens is 5. The number of aromatic amines is 2. The van der Waals surface area contributed by atoms with E-state index in [1.807, 2.05) is 0 Å². The first-order valence-corrected chi connectivity index (χ1v) is 19.1. The number of aliphatic hydroxyl groups excluding tert-OH is 3. The summed E-state index contributed by atoms with van der Waals surface area (Å²) in [4.78, 5) is 60.0. The van der Waals surface area contributed by atoms with Gasteiger partial charge < -0.3 is 58.8 Å². The third-order valence-electron chi connectivity index (χ3n) is 7.93. The fraction of sp³-hybridized carbons (Fsp3) is 0.289. The summed E-state index contributed by atoms with van der Waals surface area (Å²) in [6.45, 7) is 5.49. The van der Waals surface area contributed by atoms with Gasteiger partial charge in [0.1, 0.15) is 65.4 Å². The second kappa shape index (κ2) is 23.4. The number of aliphatic hydroxyl groups is 3. The number of pyridine rings is 5. The minimum absolute atomic E-state index is 0.0188. The van der Waals surface area contributed by atoms with Gasteiger partial charge in [0.2, 0.25) is 5.43 Å². The second-order valence-corrected chi connectivity index (χ2v) is 13.6. The third kappa shape index (κ3) is 12.7. The van der Waals surface area contributed by atoms with Crippen molar-refractivity contribution in [3.8, 4) is 34.5 Å². The number of carbonyl (C=O) groups excluding carboxylic acids is 1. The SMILES string of the molecule is Cc1c[nH]c(CO)c(Cl)c1=O.Cc1c[nH]c(CO)cc1=O.O=C(O)c1ncc2c(c1Cl)OCCO2.O=Cc1ncc2c(c1Cl)OCCO2.OCc1ncc2c(c1Cl)OCCO2. The molecule has 0 aromatic carbocycles. The molecule has 3 aliphatic rings. The Labute approximate surface area is 365 Å². The normalized spacial score (nSPS) is 12.6. The molecule has 19 nitrogen and oxygen atoms in total. The summed E-state index contributed by atoms with van der Waals surface area (Å²) >= 11 is 23.1. The molecule has 0 spiro atoms. The van der Waals surface area contributed by atoms with Gasteiger partial charge in [-0.05, 0) is 13.8 Å². The lowest BCUT2D eigenvalue weighted by molar-refractivity contribution is 0.0689. The number of carbonyl (C=O) groups is 2. The fourth-order valence-electron chi connectivity index (χ4n) is 4.78. The van der Waals surface area contributed by atoms with Crippen LogP contribution in [0.2, 0.25) is 20.1 Å². The Morgan fingerprint density at radius 2 is 1.18 bits per heavy atom. The predicted octanol–water partition coefficient (Wildman–Crippen LogP) is 4.53. The minimum atomic E-state index is -1.19. The topological polar surface area (TPSA) is 275 Å². The average molecular weight is 930 g/mol. The van der Waals surface area contributed by atoms with Gasteiger partial charge in [0.15, 0.2) is 51.9 Å². The number of fused-ring (bicyclic) bond motifs is 3. The number of carboxylic acid groups (broad SMARTS) is 1. The van der Waals surface area contributed by atoms with E-state index in [2.05, 4.69) is 24.9 Å². The number of hydrogen-bond acceptors (Lipinski definition) is 16. The average Bonchev–Trinajstić information content (AvgIpc) is 3.28. The summed E-state index contributed by atoms with van der Waals surface area (Å²) in [6.07, 6.45) is 7.94. The van der Waals surface area contributed by atoms with Gasteiger partial charge in [-0.25, -0.2) is 14.8 Å². The number of nitrogens with zero attached hydrogens (tertiary/aromatic N) is 3. The van der Waals surface area contributed by atoms with Crippen LogP contribution in [0.1, 0.15) is 49.2 Å². The standard InChI is InChI=1S/C8H6ClNO4.C8H8ClNO3.C8H6ClNO3.C7H8ClNO2.C7H9NO2/c9-5-6(8(11)12)10-3-4-7(5)14-2-1-13-4;2*9-7-5(4-11)10-3-6-8(7)13-2-1-12-6;1-4-2-9-5(3-10)6(8)7(4)11;1-5-3-8-6(4-9)2-7(5)10/h3H,1-2H2,(H,11,12);3,11H,1-2,4H2;3-4H,1-2H2;2,10H,3H2,1H3,(H,9,11);2-3,9H,4H2,1H3,(H,8,10). The van der Waals surface area contributed by atoms with Crippen LogP contribution in [0, 0.1) is 13.8 Å². The lowest BCUT2D eigenvalue weighted by atomic mass is 10.2. The number of carboxylic acids is 1. The highest BCUT2D eigenvalue weighted by Gasteiger charge is 2.23. The molecule has 5 aromatic rings. The molecule has 0 saturated heterocycles. The molecule has 0 amide bonds. The van der Waals surface area contributed by atoms with Crippen molar-refractivity contribution in [1.29, 1.82) is 0 Å². The molecule has 0 atom stereocenters. The molecule has 5 aromatic heterocycles. The number of H-pyrrole nitrogens is 2. The van der Waals surface area contributed by atoms with Crippen LogP contribution in [0.15, 0.2) is 46.6 Å². The zero-order valence-electron chi connectivity index (χ0n) is 32.1. The van der Waals surface area contributed by atoms with Crippen molar-refractivity contribution in [3.05, 3.63) is 117 Å². The molecule has 23 heteroatoms. The minimum Gasteiger partial charge on any atom is -0.484 e. The van der Waals surface area contributed by atoms with Gasteiger partial charge in [0, 0.05) is 35.3 Å². The summed E-state index contributed by atoms with van der Waals surface area (Å²) in [5.74, 6) is 1.36. The van der Waals surface area contributed by atoms with Gasteiger partial charge in [0.05, 0.1) is 49.8 Å². The highest BCUT2D eigenvalue weighted by Crippen LogP contribution is 2.39. The van der Waals surface area contributed by atoms with Crippen LogP contribution < -0.4 is 39.3 Å². The Bertz CT molecular complexity index is 2450. The number of ether oxygens (including phenoxy) is 6. The van der Waals surface area contributed by atoms with Crippen LogP contribution in [0.4, 0.5) is 0 Å². The molecule has 0 unspecified atom stereocenters. The summed E-state index contributed by atoms with van der Waals surface area (Å²) in [5, 5.41) is 35.5. The van der Waals surface area contributed by atoms with E-state index in [0.717, 1.165) is 0 Å². The third-order valence-corrected chi connectivity index (χ3v) is 9.44. The molecule has 0 saturated carbocycles. The maximum atomic E-state index is 11.1. The molecule has 3 aliphatic heterocycles. The van der Waals surface area contributed by atoms with Gasteiger partial charge in [-0.15, -0.1) is 0 Å². The summed E-state index contributed by atoms with van der Waals surface area (Å²) in [7, 11) is 0. The lowest BCUT2D eigenvalue weighted by Gasteiger charge is -2.19. The molecule has 0 fully saturated rings. The molecule has 6 N–H and O–H groups in total. The maximum Gasteiger partial charge on any atom is 0.356 e. The molecule has 0 bridgehead atoms. The van der Waals surface area contributed by atoms with E-state index in [-0.39, 0.29) is 62.9 Å². The van der Waals surface area contributed by atoms with Gasteiger partial charge in [0.25, 0.3) is 0 Å². The van der Waals surface area contributed by atoms with Crippen molar-refractivity contribution < 1.29 is 58.4 Å². The quantitative estimate of drug-likeness (QED) is 0.132. The van der Waals surface area contributed by atoms with Gasteiger partial charge in [-0.2, -0.15) is 0 Å². The van der Waals surface area contributed by atoms with Crippen LogP contribution in [-0.2, 0) is 19.8 Å². The monoisotopic (exact) mass is 927 g/mol. The maximum absolute atomic E-state index is 11.1. The van der Waals surface area contributed by atoms with Crippen LogP contribution in [0.5, 0.6) is 34.5 Å². The smallest absolute Gasteiger partial charge is 0.356 e. The van der Waals surface area contributed by atoms with E-state index in [4.69, 9.17) is 95.3 Å². The van der Waals surface area contributed by atoms with Crippen molar-refractivity contribution in [2.24, 2.45) is 0 Å². The van der Waals surface area contributed by atoms with E-state index < -0.39 is 5.97 Å². The fourth-order valence-corrected chi connectivity index (χ4v) is 5.82. The van der Waals surface area contributed by atoms with E-state index in [1.165, 1.54) is 30.9 Å². The number of rotatable bonds is 5. The van der Waals surface area contributed by atoms with Crippen LogP contribution in [0.25, 0.3) is 0 Å². The van der Waals surface area contributed by atoms with Gasteiger partial charge in [-0.1, -0.05) is 46.4 Å². The van der Waals surface area contributed by atoms with E-state index in [0.29, 0.717) is 108 Å². The molecule has 0 radical (unpaired) electrons. The Morgan fingerprint density at radius 3 is 1.69 bits per heavy atom. The highest BCUT2D eigenvalue weighted by atomic mass is 35.5. The molecule has 0 aliphatic carbocycles. The Kier molecular flexibility index (Phi) is 18.4. The van der Waals surface area contributed by atoms with Crippen molar-refractivity contribution >= 4 is 58.7 Å². The summed E-state index contributed by atoms with van der Waals surface area (Å²) < 4.78 is 31.4. The van der Waals surface area contributed by atoms with Crippen molar-refractivity contribution in [1.82, 2.24) is 24.9 Å². The zero-order chi connectivity index (χ0) is 44.6. The number of aromatic carboxylic acids is 1. The van der Waals surface area contributed by atoms with E-state index in [1.54, 1.807) is 20.0 Å². The Hall–Kier alpha value is -5.67. The van der Waals surface area contributed by atoms with E-state index >= 15 is 0 Å². The predicted molar refractivity (Wildman–Crippen MR) is 219 cm³/mol. The highest BCUT2D eigenvalue weighted by molar-refractivity contribution is 6.35. The number of nitrogens with one attached hydrogen (secondary N) is 2. The number of aryl methyl sites for hydroxylation is 2. The molecular weight excluding hydrogens is 892 g/mol. The van der Waals surface area contributed by atoms with E-state index in [9.17, 15) is 19.2 Å². The lowest BCUT2D eigenvalue weighted by Crippen LogP contribution is -2.17. The van der Waals surface area contributed by atoms with Gasteiger partial charge >= 0.3 is 5.97 Å². The first-order chi connectivity index (χ1) is 29.3. The van der Waals surface area contributed by atoms with Crippen LogP contribution in [0.3, 0.4) is 0 Å². The summed E-state index contributed by atoms with van der Waals surface area (Å²) in [6, 6.07) is 1.40. The molecule has 326 valence electrons. The first kappa shape index (κ1) is 48.0. The molecule has 8 rings (SSSR count). The second-order valence-electron chi connectivity index (χ2n) is 12.1. The van der Waals surface area contributed by atoms with Crippen molar-refractivity contribution in [2.45, 2.75) is 33.7 Å². The van der Waals surface area contributed by atoms with Crippen molar-refractivity contribution in [2.75, 3.05) is 39.6 Å². The number of aldehydes is 1. The Balaban J connectivity index is 0.000000169. The summed E-state index contributed by atoms with van der Waals surface area (Å²) in [5.41, 5.74) is 2.22. The molecular formula is C38H37Cl4N5O14. The Morgan fingerprint density at radius 1 is 0.672 bits per heavy atom. The molecule has 8 heterocycles. The van der Waals surface area contributed by atoms with Crippen LogP contribution >= 0.6 is 46.4 Å².